The molecule has 24 heavy (non-hydrogen) atoms. The molecule has 2 N–H and O–H groups in total. The third-order valence-corrected chi connectivity index (χ3v) is 8.88. The summed E-state index contributed by atoms with van der Waals surface area (Å²) in [6.45, 7) is 4.06. The number of hydrogen-bond acceptors (Lipinski definition) is 3. The summed E-state index contributed by atoms with van der Waals surface area (Å²) >= 11 is 0. The van der Waals surface area contributed by atoms with Gasteiger partial charge in [-0.2, -0.15) is 0 Å². The lowest BCUT2D eigenvalue weighted by atomic mass is 9.45. The molecule has 0 aliphatic heterocycles. The molecule has 134 valence electrons. The highest BCUT2D eigenvalue weighted by atomic mass is 16.3. The van der Waals surface area contributed by atoms with Crippen molar-refractivity contribution in [3.63, 3.8) is 0 Å². The van der Waals surface area contributed by atoms with E-state index in [4.69, 9.17) is 0 Å². The van der Waals surface area contributed by atoms with Crippen LogP contribution in [0, 0.1) is 34.5 Å². The summed E-state index contributed by atoms with van der Waals surface area (Å²) in [6, 6.07) is 0. The molecule has 4 aliphatic rings. The van der Waals surface area contributed by atoms with Gasteiger partial charge in [0.2, 0.25) is 0 Å². The molecule has 0 amide bonds. The van der Waals surface area contributed by atoms with Gasteiger partial charge in [-0.15, -0.1) is 0 Å². The maximum Gasteiger partial charge on any atom is 0.190 e. The fourth-order valence-electron chi connectivity index (χ4n) is 7.42. The first-order valence-electron chi connectivity index (χ1n) is 9.91. The Hall–Kier alpha value is -0.670. The molecule has 0 aromatic heterocycles. The van der Waals surface area contributed by atoms with Crippen LogP contribution in [0.15, 0.2) is 12.2 Å². The minimum absolute atomic E-state index is 0.310. The van der Waals surface area contributed by atoms with Gasteiger partial charge in [-0.3, -0.25) is 4.79 Å². The van der Waals surface area contributed by atoms with Crippen LogP contribution in [0.4, 0.5) is 0 Å². The summed E-state index contributed by atoms with van der Waals surface area (Å²) < 4.78 is 0. The molecule has 4 rings (SSSR count). The summed E-state index contributed by atoms with van der Waals surface area (Å²) in [7, 11) is 0. The van der Waals surface area contributed by atoms with Gasteiger partial charge in [0.15, 0.2) is 5.78 Å². The standard InChI is InChI=1S/C21H32O3/c1-19-10-4-3-5-14(19)6-7-15-16(19)8-11-20(2)17(15)9-12-21(20,24)18(23)13-22/h4,10,14-17,22,24H,3,5-9,11-13H2,1-2H3/t14?,15-,16+,17+,19+,20+,21+/m1/s1. The van der Waals surface area contributed by atoms with Gasteiger partial charge in [-0.25, -0.2) is 0 Å². The molecule has 3 heteroatoms. The van der Waals surface area contributed by atoms with Gasteiger partial charge in [0.25, 0.3) is 0 Å². The number of carbonyl (C=O) groups is 1. The zero-order valence-corrected chi connectivity index (χ0v) is 15.1. The molecule has 3 fully saturated rings. The van der Waals surface area contributed by atoms with E-state index >= 15 is 0 Å². The second kappa shape index (κ2) is 5.41. The molecule has 0 heterocycles. The monoisotopic (exact) mass is 332 g/mol. The average Bonchev–Trinajstić information content (AvgIpc) is 2.86. The predicted octanol–water partition coefficient (Wildman–Crippen LogP) is 3.49. The fraction of sp³-hybridized carbons (Fsp3) is 0.857. The van der Waals surface area contributed by atoms with Gasteiger partial charge >= 0.3 is 0 Å². The third-order valence-electron chi connectivity index (χ3n) is 8.88. The molecule has 0 aromatic carbocycles. The van der Waals surface area contributed by atoms with E-state index in [-0.39, 0.29) is 11.2 Å². The van der Waals surface area contributed by atoms with Crippen LogP contribution >= 0.6 is 0 Å². The summed E-state index contributed by atoms with van der Waals surface area (Å²) in [5.74, 6) is 2.19. The van der Waals surface area contributed by atoms with Crippen molar-refractivity contribution in [1.29, 1.82) is 0 Å². The highest BCUT2D eigenvalue weighted by Crippen LogP contribution is 2.67. The van der Waals surface area contributed by atoms with E-state index in [1.807, 2.05) is 0 Å². The summed E-state index contributed by atoms with van der Waals surface area (Å²) in [5.41, 5.74) is -1.35. The summed E-state index contributed by atoms with van der Waals surface area (Å²) in [6.07, 6.45) is 13.5. The minimum atomic E-state index is -1.31. The lowest BCUT2D eigenvalue weighted by Crippen LogP contribution is -2.58. The number of rotatable bonds is 2. The molecule has 1 unspecified atom stereocenters. The molecular weight excluding hydrogens is 300 g/mol. The van der Waals surface area contributed by atoms with E-state index in [1.54, 1.807) is 0 Å². The Kier molecular flexibility index (Phi) is 3.78. The van der Waals surface area contributed by atoms with Gasteiger partial charge in [0.1, 0.15) is 12.2 Å². The molecule has 4 aliphatic carbocycles. The van der Waals surface area contributed by atoms with E-state index in [1.165, 1.54) is 25.7 Å². The van der Waals surface area contributed by atoms with E-state index < -0.39 is 12.2 Å². The first-order valence-corrected chi connectivity index (χ1v) is 9.91. The molecule has 0 radical (unpaired) electrons. The molecular formula is C21H32O3. The van der Waals surface area contributed by atoms with E-state index in [0.29, 0.717) is 29.6 Å². The Morgan fingerprint density at radius 2 is 1.83 bits per heavy atom. The zero-order chi connectivity index (χ0) is 17.2. The molecule has 0 saturated heterocycles. The summed E-state index contributed by atoms with van der Waals surface area (Å²) in [4.78, 5) is 12.3. The smallest absolute Gasteiger partial charge is 0.190 e. The first-order chi connectivity index (χ1) is 11.4. The lowest BCUT2D eigenvalue weighted by Gasteiger charge is -2.59. The Balaban J connectivity index is 1.68. The van der Waals surface area contributed by atoms with Crippen LogP contribution in [0.5, 0.6) is 0 Å². The zero-order valence-electron chi connectivity index (χ0n) is 15.1. The van der Waals surface area contributed by atoms with Gasteiger partial charge in [0.05, 0.1) is 0 Å². The second-order valence-electron chi connectivity index (χ2n) is 9.43. The quantitative estimate of drug-likeness (QED) is 0.761. The van der Waals surface area contributed by atoms with Gasteiger partial charge in [0, 0.05) is 5.41 Å². The van der Waals surface area contributed by atoms with Crippen molar-refractivity contribution in [2.45, 2.75) is 70.8 Å². The molecule has 0 aromatic rings. The van der Waals surface area contributed by atoms with Crippen LogP contribution in [-0.4, -0.2) is 28.2 Å². The van der Waals surface area contributed by atoms with Crippen molar-refractivity contribution < 1.29 is 15.0 Å². The van der Waals surface area contributed by atoms with Crippen LogP contribution < -0.4 is 0 Å². The predicted molar refractivity (Wildman–Crippen MR) is 93.3 cm³/mol. The highest BCUT2D eigenvalue weighted by molar-refractivity contribution is 5.89. The van der Waals surface area contributed by atoms with Crippen LogP contribution in [0.1, 0.15) is 65.2 Å². The number of fused-ring (bicyclic) bond motifs is 5. The third kappa shape index (κ3) is 1.94. The van der Waals surface area contributed by atoms with E-state index in [2.05, 4.69) is 26.0 Å². The van der Waals surface area contributed by atoms with E-state index in [0.717, 1.165) is 25.2 Å². The number of hydrogen-bond donors (Lipinski definition) is 2. The van der Waals surface area contributed by atoms with Crippen molar-refractivity contribution >= 4 is 5.78 Å². The Morgan fingerprint density at radius 1 is 1.08 bits per heavy atom. The first kappa shape index (κ1) is 16.8. The van der Waals surface area contributed by atoms with Crippen molar-refractivity contribution in [3.05, 3.63) is 12.2 Å². The molecule has 3 saturated carbocycles. The van der Waals surface area contributed by atoms with E-state index in [9.17, 15) is 15.0 Å². The molecule has 3 nitrogen and oxygen atoms in total. The summed E-state index contributed by atoms with van der Waals surface area (Å²) in [5, 5.41) is 20.6. The number of aliphatic hydroxyl groups excluding tert-OH is 1. The Bertz CT molecular complexity index is 569. The number of carbonyl (C=O) groups excluding carboxylic acids is 1. The maximum absolute atomic E-state index is 12.3. The Labute approximate surface area is 145 Å². The fourth-order valence-corrected chi connectivity index (χ4v) is 7.42. The number of aliphatic hydroxyl groups is 2. The number of Topliss-reactive ketones (excluding diaryl/α,β-unsaturated/α-hetero) is 1. The lowest BCUT2D eigenvalue weighted by molar-refractivity contribution is -0.167. The van der Waals surface area contributed by atoms with Crippen molar-refractivity contribution in [2.75, 3.05) is 6.61 Å². The molecule has 7 atom stereocenters. The SMILES string of the molecule is C[C@]12C=CCCC1CC[C@@H]1[C@@H]2CC[C@@]2(C)[C@H]1CC[C@]2(O)C(=O)CO. The van der Waals surface area contributed by atoms with Crippen molar-refractivity contribution in [1.82, 2.24) is 0 Å². The van der Waals surface area contributed by atoms with Crippen LogP contribution in [0.25, 0.3) is 0 Å². The van der Waals surface area contributed by atoms with Crippen LogP contribution in [0.3, 0.4) is 0 Å². The van der Waals surface area contributed by atoms with Gasteiger partial charge < -0.3 is 10.2 Å². The molecule has 0 bridgehead atoms. The highest BCUT2D eigenvalue weighted by Gasteiger charge is 2.66. The van der Waals surface area contributed by atoms with Crippen molar-refractivity contribution in [2.24, 2.45) is 34.5 Å². The average molecular weight is 332 g/mol. The largest absolute Gasteiger partial charge is 0.388 e. The normalized spacial score (nSPS) is 53.2. The minimum Gasteiger partial charge on any atom is -0.388 e. The maximum atomic E-state index is 12.3. The van der Waals surface area contributed by atoms with Gasteiger partial charge in [-0.05, 0) is 80.5 Å². The number of ketones is 1. The van der Waals surface area contributed by atoms with Gasteiger partial charge in [-0.1, -0.05) is 26.0 Å². The van der Waals surface area contributed by atoms with Crippen LogP contribution in [0.2, 0.25) is 0 Å². The molecule has 0 spiro atoms. The second-order valence-corrected chi connectivity index (χ2v) is 9.43. The topological polar surface area (TPSA) is 57.5 Å². The number of allylic oxidation sites excluding steroid dienone is 2. The van der Waals surface area contributed by atoms with Crippen molar-refractivity contribution in [3.8, 4) is 0 Å². The Morgan fingerprint density at radius 3 is 2.58 bits per heavy atom. The van der Waals surface area contributed by atoms with Crippen LogP contribution in [-0.2, 0) is 4.79 Å².